The topological polar surface area (TPSA) is 61.4 Å². The van der Waals surface area contributed by atoms with Crippen molar-refractivity contribution in [2.75, 3.05) is 25.5 Å². The number of hydrogen-bond acceptors (Lipinski definition) is 3. The molecule has 2 rings (SSSR count). The first kappa shape index (κ1) is 17.5. The average Bonchev–Trinajstić information content (AvgIpc) is 3.27. The largest absolute Gasteiger partial charge is 0.352 e. The number of amides is 2. The second-order valence-electron chi connectivity index (χ2n) is 6.66. The molecule has 1 aromatic carbocycles. The standard InChI is InChI=1S/C18H27N3O2/c1-12-6-5-7-16(13(12)2)20-18(23)11-21(4)10-17(22)19-14(3)15-8-9-15/h5-7,14-15H,8-11H2,1-4H3,(H,19,22)(H,20,23)/t14-/m0/s1. The lowest BCUT2D eigenvalue weighted by atomic mass is 10.1. The number of likely N-dealkylation sites (N-methyl/N-ethyl adjacent to an activating group) is 1. The van der Waals surface area contributed by atoms with E-state index in [1.165, 1.54) is 12.8 Å². The lowest BCUT2D eigenvalue weighted by molar-refractivity contribution is -0.123. The van der Waals surface area contributed by atoms with Gasteiger partial charge in [0.1, 0.15) is 0 Å². The first-order valence-corrected chi connectivity index (χ1v) is 8.20. The van der Waals surface area contributed by atoms with E-state index < -0.39 is 0 Å². The highest BCUT2D eigenvalue weighted by molar-refractivity contribution is 5.93. The minimum absolute atomic E-state index is 0.0218. The zero-order valence-corrected chi connectivity index (χ0v) is 14.5. The van der Waals surface area contributed by atoms with E-state index in [1.54, 1.807) is 11.9 Å². The van der Waals surface area contributed by atoms with Gasteiger partial charge in [-0.3, -0.25) is 14.5 Å². The fraction of sp³-hybridized carbons (Fsp3) is 0.556. The molecule has 0 radical (unpaired) electrons. The molecule has 1 aromatic rings. The molecule has 0 spiro atoms. The monoisotopic (exact) mass is 317 g/mol. The van der Waals surface area contributed by atoms with Crippen molar-refractivity contribution in [1.82, 2.24) is 10.2 Å². The van der Waals surface area contributed by atoms with Crippen molar-refractivity contribution in [2.45, 2.75) is 39.7 Å². The van der Waals surface area contributed by atoms with E-state index in [2.05, 4.69) is 10.6 Å². The summed E-state index contributed by atoms with van der Waals surface area (Å²) in [6.07, 6.45) is 2.41. The fourth-order valence-electron chi connectivity index (χ4n) is 2.64. The molecule has 0 bridgehead atoms. The minimum atomic E-state index is -0.107. The highest BCUT2D eigenvalue weighted by atomic mass is 16.2. The molecule has 0 heterocycles. The van der Waals surface area contributed by atoms with E-state index in [0.29, 0.717) is 5.92 Å². The van der Waals surface area contributed by atoms with Crippen molar-refractivity contribution in [3.8, 4) is 0 Å². The number of hydrogen-bond donors (Lipinski definition) is 2. The van der Waals surface area contributed by atoms with E-state index in [0.717, 1.165) is 16.8 Å². The number of rotatable bonds is 7. The molecule has 5 nitrogen and oxygen atoms in total. The average molecular weight is 317 g/mol. The molecule has 126 valence electrons. The molecular formula is C18H27N3O2. The molecule has 0 aromatic heterocycles. The first-order valence-electron chi connectivity index (χ1n) is 8.20. The SMILES string of the molecule is Cc1cccc(NC(=O)CN(C)CC(=O)N[C@@H](C)C2CC2)c1C. The van der Waals surface area contributed by atoms with Crippen LogP contribution in [0, 0.1) is 19.8 Å². The summed E-state index contributed by atoms with van der Waals surface area (Å²) in [5.41, 5.74) is 3.04. The van der Waals surface area contributed by atoms with E-state index >= 15 is 0 Å². The Morgan fingerprint density at radius 2 is 1.87 bits per heavy atom. The van der Waals surface area contributed by atoms with Crippen LogP contribution in [0.5, 0.6) is 0 Å². The van der Waals surface area contributed by atoms with Crippen LogP contribution in [0.4, 0.5) is 5.69 Å². The number of anilines is 1. The number of benzene rings is 1. The van der Waals surface area contributed by atoms with Crippen LogP contribution in [0.1, 0.15) is 30.9 Å². The predicted octanol–water partition coefficient (Wildman–Crippen LogP) is 2.09. The Morgan fingerprint density at radius 3 is 2.52 bits per heavy atom. The summed E-state index contributed by atoms with van der Waals surface area (Å²) >= 11 is 0. The van der Waals surface area contributed by atoms with Gasteiger partial charge in [-0.2, -0.15) is 0 Å². The van der Waals surface area contributed by atoms with E-state index in [1.807, 2.05) is 39.0 Å². The van der Waals surface area contributed by atoms with Crippen LogP contribution in [0.2, 0.25) is 0 Å². The quantitative estimate of drug-likeness (QED) is 0.809. The van der Waals surface area contributed by atoms with Gasteiger partial charge in [0.2, 0.25) is 11.8 Å². The fourth-order valence-corrected chi connectivity index (χ4v) is 2.64. The highest BCUT2D eigenvalue weighted by Crippen LogP contribution is 2.32. The van der Waals surface area contributed by atoms with Crippen LogP contribution in [0.25, 0.3) is 0 Å². The minimum Gasteiger partial charge on any atom is -0.352 e. The Bertz CT molecular complexity index is 582. The van der Waals surface area contributed by atoms with Crippen LogP contribution in [-0.4, -0.2) is 42.9 Å². The molecule has 1 aliphatic carbocycles. The van der Waals surface area contributed by atoms with Crippen molar-refractivity contribution in [3.05, 3.63) is 29.3 Å². The number of carbonyl (C=O) groups is 2. The van der Waals surface area contributed by atoms with Crippen molar-refractivity contribution in [2.24, 2.45) is 5.92 Å². The lowest BCUT2D eigenvalue weighted by Gasteiger charge is -2.19. The van der Waals surface area contributed by atoms with Gasteiger partial charge in [-0.15, -0.1) is 0 Å². The number of nitrogens with one attached hydrogen (secondary N) is 2. The van der Waals surface area contributed by atoms with Crippen LogP contribution >= 0.6 is 0 Å². The maximum atomic E-state index is 12.1. The van der Waals surface area contributed by atoms with Crippen molar-refractivity contribution >= 4 is 17.5 Å². The summed E-state index contributed by atoms with van der Waals surface area (Å²) in [4.78, 5) is 25.8. The van der Waals surface area contributed by atoms with Gasteiger partial charge in [0.25, 0.3) is 0 Å². The molecule has 2 amide bonds. The van der Waals surface area contributed by atoms with Gasteiger partial charge < -0.3 is 10.6 Å². The molecule has 1 atom stereocenters. The van der Waals surface area contributed by atoms with Crippen molar-refractivity contribution < 1.29 is 9.59 Å². The van der Waals surface area contributed by atoms with Gasteiger partial charge in [-0.25, -0.2) is 0 Å². The van der Waals surface area contributed by atoms with Crippen molar-refractivity contribution in [1.29, 1.82) is 0 Å². The number of aryl methyl sites for hydroxylation is 1. The summed E-state index contributed by atoms with van der Waals surface area (Å²) in [7, 11) is 1.78. The summed E-state index contributed by atoms with van der Waals surface area (Å²) in [5.74, 6) is 0.507. The van der Waals surface area contributed by atoms with Crippen LogP contribution in [-0.2, 0) is 9.59 Å². The molecule has 1 fully saturated rings. The Labute approximate surface area is 138 Å². The van der Waals surface area contributed by atoms with Gasteiger partial charge in [0, 0.05) is 11.7 Å². The zero-order chi connectivity index (χ0) is 17.0. The molecule has 0 saturated heterocycles. The molecule has 0 unspecified atom stereocenters. The molecule has 1 saturated carbocycles. The molecule has 2 N–H and O–H groups in total. The van der Waals surface area contributed by atoms with Crippen LogP contribution < -0.4 is 10.6 Å². The normalized spacial score (nSPS) is 15.3. The highest BCUT2D eigenvalue weighted by Gasteiger charge is 2.29. The molecule has 0 aliphatic heterocycles. The Kier molecular flexibility index (Phi) is 5.77. The second-order valence-corrected chi connectivity index (χ2v) is 6.66. The maximum Gasteiger partial charge on any atom is 0.238 e. The summed E-state index contributed by atoms with van der Waals surface area (Å²) in [6.45, 7) is 6.47. The molecular weight excluding hydrogens is 290 g/mol. The third kappa shape index (κ3) is 5.36. The van der Waals surface area contributed by atoms with Crippen LogP contribution in [0.3, 0.4) is 0 Å². The third-order valence-electron chi connectivity index (χ3n) is 4.42. The van der Waals surface area contributed by atoms with Gasteiger partial charge >= 0.3 is 0 Å². The van der Waals surface area contributed by atoms with Gasteiger partial charge in [-0.05, 0) is 63.8 Å². The summed E-state index contributed by atoms with van der Waals surface area (Å²) in [6, 6.07) is 6.07. The molecule has 23 heavy (non-hydrogen) atoms. The zero-order valence-electron chi connectivity index (χ0n) is 14.5. The first-order chi connectivity index (χ1) is 10.9. The van der Waals surface area contributed by atoms with E-state index in [-0.39, 0.29) is 30.9 Å². The Balaban J connectivity index is 1.77. The van der Waals surface area contributed by atoms with Crippen LogP contribution in [0.15, 0.2) is 18.2 Å². The smallest absolute Gasteiger partial charge is 0.238 e. The Hall–Kier alpha value is -1.88. The lowest BCUT2D eigenvalue weighted by Crippen LogP contribution is -2.42. The van der Waals surface area contributed by atoms with E-state index in [4.69, 9.17) is 0 Å². The Morgan fingerprint density at radius 1 is 1.22 bits per heavy atom. The maximum absolute atomic E-state index is 12.1. The summed E-state index contributed by atoms with van der Waals surface area (Å²) in [5, 5.41) is 5.91. The van der Waals surface area contributed by atoms with Gasteiger partial charge in [0.15, 0.2) is 0 Å². The second kappa shape index (κ2) is 7.59. The third-order valence-corrected chi connectivity index (χ3v) is 4.42. The van der Waals surface area contributed by atoms with E-state index in [9.17, 15) is 9.59 Å². The summed E-state index contributed by atoms with van der Waals surface area (Å²) < 4.78 is 0. The number of nitrogens with zero attached hydrogens (tertiary/aromatic N) is 1. The molecule has 5 heteroatoms. The van der Waals surface area contributed by atoms with Crippen molar-refractivity contribution in [3.63, 3.8) is 0 Å². The van der Waals surface area contributed by atoms with Gasteiger partial charge in [0.05, 0.1) is 13.1 Å². The number of carbonyl (C=O) groups excluding carboxylic acids is 2. The van der Waals surface area contributed by atoms with Gasteiger partial charge in [-0.1, -0.05) is 12.1 Å². The predicted molar refractivity (Wildman–Crippen MR) is 92.4 cm³/mol. The molecule has 1 aliphatic rings.